The second-order valence-electron chi connectivity index (χ2n) is 4.85. The van der Waals surface area contributed by atoms with Gasteiger partial charge < -0.3 is 14.6 Å². The van der Waals surface area contributed by atoms with E-state index >= 15 is 0 Å². The van der Waals surface area contributed by atoms with E-state index in [2.05, 4.69) is 0 Å². The van der Waals surface area contributed by atoms with Crippen molar-refractivity contribution in [2.45, 2.75) is 24.3 Å². The summed E-state index contributed by atoms with van der Waals surface area (Å²) in [7, 11) is -0.0455. The molecule has 0 radical (unpaired) electrons. The zero-order valence-electron chi connectivity index (χ0n) is 12.6. The standard InChI is InChI=1S/C13H19NO6S/c1-13(2,12(15)16)14(3)21(17,18)11-7-6-9(19-4)8-10(11)20-5/h6-8H,1-5H3,(H,15,16). The molecule has 0 bridgehead atoms. The van der Waals surface area contributed by atoms with E-state index in [4.69, 9.17) is 9.47 Å². The van der Waals surface area contributed by atoms with Gasteiger partial charge in [0.25, 0.3) is 0 Å². The van der Waals surface area contributed by atoms with Gasteiger partial charge in [0, 0.05) is 13.1 Å². The molecule has 0 saturated heterocycles. The molecule has 0 unspecified atom stereocenters. The summed E-state index contributed by atoms with van der Waals surface area (Å²) in [5.74, 6) is -0.727. The second kappa shape index (κ2) is 5.90. The maximum absolute atomic E-state index is 12.6. The Kier molecular flexibility index (Phi) is 4.85. The number of likely N-dealkylation sites (N-methyl/N-ethyl adjacent to an activating group) is 1. The summed E-state index contributed by atoms with van der Waals surface area (Å²) in [5, 5.41) is 9.17. The van der Waals surface area contributed by atoms with Crippen LogP contribution in [0, 0.1) is 0 Å². The fraction of sp³-hybridized carbons (Fsp3) is 0.462. The van der Waals surface area contributed by atoms with E-state index in [0.717, 1.165) is 4.31 Å². The number of carboxylic acid groups (broad SMARTS) is 1. The summed E-state index contributed by atoms with van der Waals surface area (Å²) in [6.07, 6.45) is 0. The number of hydrogen-bond donors (Lipinski definition) is 1. The topological polar surface area (TPSA) is 93.1 Å². The minimum absolute atomic E-state index is 0.0855. The highest BCUT2D eigenvalue weighted by Crippen LogP contribution is 2.32. The lowest BCUT2D eigenvalue weighted by Crippen LogP contribution is -2.50. The third-order valence-electron chi connectivity index (χ3n) is 3.32. The van der Waals surface area contributed by atoms with E-state index in [0.29, 0.717) is 5.75 Å². The largest absolute Gasteiger partial charge is 0.497 e. The smallest absolute Gasteiger partial charge is 0.324 e. The Balaban J connectivity index is 3.41. The number of ether oxygens (including phenoxy) is 2. The van der Waals surface area contributed by atoms with Crippen molar-refractivity contribution >= 4 is 16.0 Å². The van der Waals surface area contributed by atoms with Crippen molar-refractivity contribution in [2.24, 2.45) is 0 Å². The van der Waals surface area contributed by atoms with Gasteiger partial charge in [-0.1, -0.05) is 0 Å². The van der Waals surface area contributed by atoms with E-state index in [9.17, 15) is 18.3 Å². The molecular formula is C13H19NO6S. The van der Waals surface area contributed by atoms with E-state index in [1.165, 1.54) is 53.3 Å². The number of aliphatic carboxylic acids is 1. The van der Waals surface area contributed by atoms with Crippen LogP contribution < -0.4 is 9.47 Å². The lowest BCUT2D eigenvalue weighted by molar-refractivity contribution is -0.145. The number of carbonyl (C=O) groups is 1. The molecule has 0 aliphatic rings. The van der Waals surface area contributed by atoms with Gasteiger partial charge in [-0.3, -0.25) is 4.79 Å². The molecule has 0 saturated carbocycles. The molecule has 0 fully saturated rings. The molecule has 0 aliphatic heterocycles. The Bertz CT molecular complexity index is 638. The van der Waals surface area contributed by atoms with Gasteiger partial charge in [0.1, 0.15) is 21.9 Å². The number of rotatable bonds is 6. The Morgan fingerprint density at radius 1 is 1.24 bits per heavy atom. The van der Waals surface area contributed by atoms with Gasteiger partial charge in [-0.15, -0.1) is 0 Å². The van der Waals surface area contributed by atoms with Crippen LogP contribution in [0.3, 0.4) is 0 Å². The number of hydrogen-bond acceptors (Lipinski definition) is 5. The Morgan fingerprint density at radius 2 is 1.81 bits per heavy atom. The maximum Gasteiger partial charge on any atom is 0.324 e. The van der Waals surface area contributed by atoms with Gasteiger partial charge in [0.15, 0.2) is 0 Å². The monoisotopic (exact) mass is 317 g/mol. The molecule has 0 aliphatic carbocycles. The molecular weight excluding hydrogens is 298 g/mol. The SMILES string of the molecule is COc1ccc(S(=O)(=O)N(C)C(C)(C)C(=O)O)c(OC)c1. The zero-order valence-corrected chi connectivity index (χ0v) is 13.4. The molecule has 1 N–H and O–H groups in total. The molecule has 7 nitrogen and oxygen atoms in total. The number of methoxy groups -OCH3 is 2. The highest BCUT2D eigenvalue weighted by atomic mass is 32.2. The Labute approximate surface area is 124 Å². The predicted octanol–water partition coefficient (Wildman–Crippen LogP) is 1.19. The molecule has 0 amide bonds. The number of nitrogens with zero attached hydrogens (tertiary/aromatic N) is 1. The average Bonchev–Trinajstić information content (AvgIpc) is 2.45. The first-order valence-corrected chi connectivity index (χ1v) is 7.47. The summed E-state index contributed by atoms with van der Waals surface area (Å²) in [4.78, 5) is 11.1. The summed E-state index contributed by atoms with van der Waals surface area (Å²) >= 11 is 0. The first-order chi connectivity index (χ1) is 9.58. The molecule has 1 rings (SSSR count). The third-order valence-corrected chi connectivity index (χ3v) is 5.39. The lowest BCUT2D eigenvalue weighted by Gasteiger charge is -2.30. The summed E-state index contributed by atoms with van der Waals surface area (Å²) in [6, 6.07) is 4.22. The van der Waals surface area contributed by atoms with E-state index < -0.39 is 21.5 Å². The van der Waals surface area contributed by atoms with Crippen molar-refractivity contribution in [3.8, 4) is 11.5 Å². The summed E-state index contributed by atoms with van der Waals surface area (Å²) in [5.41, 5.74) is -1.59. The van der Waals surface area contributed by atoms with Gasteiger partial charge in [-0.25, -0.2) is 8.42 Å². The minimum Gasteiger partial charge on any atom is -0.497 e. The lowest BCUT2D eigenvalue weighted by atomic mass is 10.1. The van der Waals surface area contributed by atoms with Gasteiger partial charge in [0.05, 0.1) is 14.2 Å². The van der Waals surface area contributed by atoms with E-state index in [1.807, 2.05) is 0 Å². The van der Waals surface area contributed by atoms with Crippen molar-refractivity contribution < 1.29 is 27.8 Å². The predicted molar refractivity (Wildman–Crippen MR) is 76.2 cm³/mol. The normalized spacial score (nSPS) is 12.3. The molecule has 0 atom stereocenters. The van der Waals surface area contributed by atoms with Crippen LogP contribution in [0.2, 0.25) is 0 Å². The quantitative estimate of drug-likeness (QED) is 0.847. The van der Waals surface area contributed by atoms with Crippen LogP contribution in [-0.4, -0.2) is 50.6 Å². The van der Waals surface area contributed by atoms with Crippen molar-refractivity contribution in [3.05, 3.63) is 18.2 Å². The third kappa shape index (κ3) is 3.11. The highest BCUT2D eigenvalue weighted by molar-refractivity contribution is 7.89. The first-order valence-electron chi connectivity index (χ1n) is 6.03. The molecule has 0 spiro atoms. The maximum atomic E-state index is 12.6. The second-order valence-corrected chi connectivity index (χ2v) is 6.79. The highest BCUT2D eigenvalue weighted by Gasteiger charge is 2.41. The van der Waals surface area contributed by atoms with Crippen molar-refractivity contribution in [3.63, 3.8) is 0 Å². The molecule has 21 heavy (non-hydrogen) atoms. The van der Waals surface area contributed by atoms with Crippen molar-refractivity contribution in [1.29, 1.82) is 0 Å². The summed E-state index contributed by atoms with van der Waals surface area (Å²) in [6.45, 7) is 2.62. The van der Waals surface area contributed by atoms with E-state index in [1.54, 1.807) is 0 Å². The Hall–Kier alpha value is -1.80. The number of sulfonamides is 1. The zero-order chi connectivity index (χ0) is 16.4. The number of carboxylic acids is 1. The molecule has 0 heterocycles. The molecule has 1 aromatic rings. The van der Waals surface area contributed by atoms with Gasteiger partial charge in [0.2, 0.25) is 10.0 Å². The van der Waals surface area contributed by atoms with Crippen LogP contribution in [0.5, 0.6) is 11.5 Å². The van der Waals surface area contributed by atoms with Gasteiger partial charge in [-0.2, -0.15) is 4.31 Å². The van der Waals surface area contributed by atoms with Crippen LogP contribution in [0.1, 0.15) is 13.8 Å². The van der Waals surface area contributed by atoms with Crippen LogP contribution >= 0.6 is 0 Å². The molecule has 0 aromatic heterocycles. The minimum atomic E-state index is -4.04. The van der Waals surface area contributed by atoms with Crippen LogP contribution in [0.4, 0.5) is 0 Å². The Morgan fingerprint density at radius 3 is 2.24 bits per heavy atom. The summed E-state index contributed by atoms with van der Waals surface area (Å²) < 4.78 is 36.1. The number of benzene rings is 1. The fourth-order valence-electron chi connectivity index (χ4n) is 1.57. The van der Waals surface area contributed by atoms with Gasteiger partial charge >= 0.3 is 5.97 Å². The van der Waals surface area contributed by atoms with Crippen LogP contribution in [0.15, 0.2) is 23.1 Å². The van der Waals surface area contributed by atoms with Crippen LogP contribution in [0.25, 0.3) is 0 Å². The fourth-order valence-corrected chi connectivity index (χ4v) is 3.18. The van der Waals surface area contributed by atoms with Crippen LogP contribution in [-0.2, 0) is 14.8 Å². The van der Waals surface area contributed by atoms with Crippen molar-refractivity contribution in [2.75, 3.05) is 21.3 Å². The molecule has 118 valence electrons. The van der Waals surface area contributed by atoms with E-state index in [-0.39, 0.29) is 10.6 Å². The van der Waals surface area contributed by atoms with Crippen molar-refractivity contribution in [1.82, 2.24) is 4.31 Å². The molecule has 1 aromatic carbocycles. The molecule has 8 heteroatoms. The first kappa shape index (κ1) is 17.3. The average molecular weight is 317 g/mol. The van der Waals surface area contributed by atoms with Gasteiger partial charge in [-0.05, 0) is 26.0 Å².